The van der Waals surface area contributed by atoms with E-state index < -0.39 is 6.04 Å². The van der Waals surface area contributed by atoms with Crippen LogP contribution in [-0.2, 0) is 27.2 Å². The van der Waals surface area contributed by atoms with Crippen LogP contribution >= 0.6 is 11.8 Å². The number of thioether (sulfide) groups is 1. The summed E-state index contributed by atoms with van der Waals surface area (Å²) in [7, 11) is 0. The fraction of sp³-hybridized carbons (Fsp3) is 0.550. The molecule has 0 saturated carbocycles. The number of hydrogen-bond acceptors (Lipinski definition) is 5. The summed E-state index contributed by atoms with van der Waals surface area (Å²) in [6.45, 7) is 0.657. The van der Waals surface area contributed by atoms with Crippen LogP contribution in [0.1, 0.15) is 30.4 Å². The highest BCUT2D eigenvalue weighted by Gasteiger charge is 2.43. The number of nitrogens with zero attached hydrogens (tertiary/aromatic N) is 1. The van der Waals surface area contributed by atoms with Gasteiger partial charge in [0.05, 0.1) is 17.3 Å². The normalized spacial score (nSPS) is 30.8. The van der Waals surface area contributed by atoms with E-state index in [1.54, 1.807) is 0 Å². The molecule has 26 heavy (non-hydrogen) atoms. The third kappa shape index (κ3) is 3.21. The van der Waals surface area contributed by atoms with Gasteiger partial charge in [0.25, 0.3) is 0 Å². The van der Waals surface area contributed by atoms with Crippen LogP contribution in [0, 0.1) is 5.92 Å². The Hall–Kier alpha value is -1.66. The average Bonchev–Trinajstić information content (AvgIpc) is 3.35. The first-order valence-corrected chi connectivity index (χ1v) is 10.4. The minimum Gasteiger partial charge on any atom is -0.332 e. The Morgan fingerprint density at radius 3 is 2.81 bits per heavy atom. The topological polar surface area (TPSA) is 66.5 Å². The lowest BCUT2D eigenvalue weighted by molar-refractivity contribution is -0.141. The summed E-state index contributed by atoms with van der Waals surface area (Å²) in [5, 5.41) is 2.69. The maximum Gasteiger partial charge on any atom is 0.226 e. The Labute approximate surface area is 157 Å². The Kier molecular flexibility index (Phi) is 5.14. The van der Waals surface area contributed by atoms with Gasteiger partial charge in [-0.25, -0.2) is 0 Å². The number of nitrogens with one attached hydrogen (secondary N) is 1. The maximum atomic E-state index is 13.2. The van der Waals surface area contributed by atoms with Crippen molar-refractivity contribution >= 4 is 29.7 Å². The van der Waals surface area contributed by atoms with E-state index in [0.29, 0.717) is 12.4 Å². The van der Waals surface area contributed by atoms with E-state index in [1.165, 1.54) is 22.9 Å². The number of carbonyl (C=O) groups is 3. The van der Waals surface area contributed by atoms with Crippen molar-refractivity contribution in [1.29, 1.82) is 0 Å². The molecular formula is C20H24N2O3S. The van der Waals surface area contributed by atoms with E-state index in [0.717, 1.165) is 38.4 Å². The van der Waals surface area contributed by atoms with Crippen LogP contribution in [0.15, 0.2) is 24.3 Å². The summed E-state index contributed by atoms with van der Waals surface area (Å²) in [4.78, 5) is 39.2. The molecule has 2 saturated heterocycles. The molecule has 2 aliphatic heterocycles. The fourth-order valence-corrected chi connectivity index (χ4v) is 5.64. The number of ketones is 1. The molecule has 0 radical (unpaired) electrons. The van der Waals surface area contributed by atoms with Crippen molar-refractivity contribution in [1.82, 2.24) is 10.2 Å². The van der Waals surface area contributed by atoms with Crippen molar-refractivity contribution < 1.29 is 14.4 Å². The molecule has 5 nitrogen and oxygen atoms in total. The minimum absolute atomic E-state index is 0.0328. The van der Waals surface area contributed by atoms with Gasteiger partial charge in [0.15, 0.2) is 5.78 Å². The van der Waals surface area contributed by atoms with Crippen molar-refractivity contribution in [3.63, 3.8) is 0 Å². The minimum atomic E-state index is -0.424. The van der Waals surface area contributed by atoms with Crippen LogP contribution < -0.4 is 5.32 Å². The summed E-state index contributed by atoms with van der Waals surface area (Å²) in [5.41, 5.74) is 2.60. The van der Waals surface area contributed by atoms with Crippen molar-refractivity contribution in [2.24, 2.45) is 5.92 Å². The number of aldehydes is 1. The van der Waals surface area contributed by atoms with Gasteiger partial charge in [0, 0.05) is 18.3 Å². The van der Waals surface area contributed by atoms with Crippen LogP contribution in [0.2, 0.25) is 0 Å². The highest BCUT2D eigenvalue weighted by Crippen LogP contribution is 2.32. The lowest BCUT2D eigenvalue weighted by Crippen LogP contribution is -2.49. The lowest BCUT2D eigenvalue weighted by Gasteiger charge is -2.32. The number of Topliss-reactive ketones (excluding diaryl/α,β-unsaturated/α-hetero) is 1. The molecule has 0 bridgehead atoms. The summed E-state index contributed by atoms with van der Waals surface area (Å²) in [5.74, 6) is 0.738. The predicted molar refractivity (Wildman–Crippen MR) is 101 cm³/mol. The van der Waals surface area contributed by atoms with Crippen LogP contribution in [0.3, 0.4) is 0 Å². The number of likely N-dealkylation sites (tertiary alicyclic amines) is 1. The van der Waals surface area contributed by atoms with E-state index in [1.807, 2.05) is 17.0 Å². The fourth-order valence-electron chi connectivity index (χ4n) is 4.48. The Morgan fingerprint density at radius 1 is 1.19 bits per heavy atom. The summed E-state index contributed by atoms with van der Waals surface area (Å²) in [6.07, 6.45) is 4.95. The van der Waals surface area contributed by atoms with Crippen molar-refractivity contribution in [2.45, 2.75) is 49.4 Å². The average molecular weight is 372 g/mol. The smallest absolute Gasteiger partial charge is 0.226 e. The molecule has 1 amide bonds. The number of hydrogen-bond donors (Lipinski definition) is 1. The third-order valence-corrected chi connectivity index (χ3v) is 7.11. The Bertz CT molecular complexity index is 723. The molecule has 0 aromatic heterocycles. The van der Waals surface area contributed by atoms with Gasteiger partial charge in [-0.1, -0.05) is 24.3 Å². The number of amides is 1. The van der Waals surface area contributed by atoms with Crippen molar-refractivity contribution in [2.75, 3.05) is 12.4 Å². The molecule has 0 spiro atoms. The molecule has 138 valence electrons. The molecule has 2 fully saturated rings. The van der Waals surface area contributed by atoms with Crippen LogP contribution in [0.25, 0.3) is 0 Å². The van der Waals surface area contributed by atoms with Crippen molar-refractivity contribution in [3.05, 3.63) is 35.4 Å². The van der Waals surface area contributed by atoms with Gasteiger partial charge >= 0.3 is 0 Å². The van der Waals surface area contributed by atoms with Gasteiger partial charge in [-0.05, 0) is 43.2 Å². The predicted octanol–water partition coefficient (Wildman–Crippen LogP) is 1.58. The third-order valence-electron chi connectivity index (χ3n) is 5.90. The molecule has 2 heterocycles. The second-order valence-electron chi connectivity index (χ2n) is 7.40. The van der Waals surface area contributed by atoms with Gasteiger partial charge in [0.2, 0.25) is 5.91 Å². The Morgan fingerprint density at radius 2 is 2.00 bits per heavy atom. The molecule has 1 aromatic rings. The van der Waals surface area contributed by atoms with Gasteiger partial charge < -0.3 is 9.69 Å². The van der Waals surface area contributed by atoms with E-state index >= 15 is 0 Å². The number of carbonyl (C=O) groups excluding carboxylic acids is 3. The first kappa shape index (κ1) is 17.7. The standard InChI is InChI=1S/C20H24N2O3S/c23-11-16-19(26-12-21-16)18(24)17-6-3-9-22(17)20(25)15-8-7-13-4-1-2-5-14(13)10-15/h1-2,4-5,11,15-17,19,21H,3,6-10,12H2/t15-,16-,17+,19?/m1/s1. The van der Waals surface area contributed by atoms with E-state index in [-0.39, 0.29) is 28.9 Å². The lowest BCUT2D eigenvalue weighted by atomic mass is 9.83. The Balaban J connectivity index is 1.47. The first-order chi connectivity index (χ1) is 12.7. The molecule has 1 aromatic carbocycles. The maximum absolute atomic E-state index is 13.2. The first-order valence-electron chi connectivity index (χ1n) is 9.40. The largest absolute Gasteiger partial charge is 0.332 e. The van der Waals surface area contributed by atoms with E-state index in [4.69, 9.17) is 0 Å². The van der Waals surface area contributed by atoms with Gasteiger partial charge in [-0.3, -0.25) is 14.9 Å². The second kappa shape index (κ2) is 7.53. The van der Waals surface area contributed by atoms with Crippen LogP contribution in [-0.4, -0.2) is 52.6 Å². The quantitative estimate of drug-likeness (QED) is 0.813. The molecular weight excluding hydrogens is 348 g/mol. The molecule has 1 N–H and O–H groups in total. The van der Waals surface area contributed by atoms with E-state index in [9.17, 15) is 14.4 Å². The van der Waals surface area contributed by atoms with Crippen LogP contribution in [0.5, 0.6) is 0 Å². The second-order valence-corrected chi connectivity index (χ2v) is 8.53. The summed E-state index contributed by atoms with van der Waals surface area (Å²) >= 11 is 1.48. The van der Waals surface area contributed by atoms with Crippen LogP contribution in [0.4, 0.5) is 0 Å². The molecule has 6 heteroatoms. The molecule has 4 rings (SSSR count). The number of aryl methyl sites for hydroxylation is 1. The zero-order valence-electron chi connectivity index (χ0n) is 14.7. The SMILES string of the molecule is O=C[C@H]1NCSC1C(=O)[C@@H]1CCCN1C(=O)[C@@H]1CCc2ccccc2C1. The molecule has 4 atom stereocenters. The summed E-state index contributed by atoms with van der Waals surface area (Å²) in [6, 6.07) is 7.54. The monoisotopic (exact) mass is 372 g/mol. The summed E-state index contributed by atoms with van der Waals surface area (Å²) < 4.78 is 0. The molecule has 1 aliphatic carbocycles. The zero-order chi connectivity index (χ0) is 18.1. The molecule has 1 unspecified atom stereocenters. The van der Waals surface area contributed by atoms with E-state index in [2.05, 4.69) is 17.4 Å². The van der Waals surface area contributed by atoms with Gasteiger partial charge in [-0.15, -0.1) is 11.8 Å². The number of rotatable bonds is 4. The molecule has 3 aliphatic rings. The van der Waals surface area contributed by atoms with Gasteiger partial charge in [-0.2, -0.15) is 0 Å². The van der Waals surface area contributed by atoms with Crippen molar-refractivity contribution in [3.8, 4) is 0 Å². The zero-order valence-corrected chi connectivity index (χ0v) is 15.5. The number of fused-ring (bicyclic) bond motifs is 1. The highest BCUT2D eigenvalue weighted by atomic mass is 32.2. The number of benzene rings is 1. The van der Waals surface area contributed by atoms with Gasteiger partial charge in [0.1, 0.15) is 6.29 Å². The highest BCUT2D eigenvalue weighted by molar-refractivity contribution is 8.00.